The Morgan fingerprint density at radius 3 is 2.52 bits per heavy atom. The first-order valence-electron chi connectivity index (χ1n) is 10.4. The summed E-state index contributed by atoms with van der Waals surface area (Å²) in [6, 6.07) is 8.25. The molecule has 1 aromatic carbocycles. The summed E-state index contributed by atoms with van der Waals surface area (Å²) in [6.45, 7) is 0. The van der Waals surface area contributed by atoms with Gasteiger partial charge < -0.3 is 9.64 Å². The van der Waals surface area contributed by atoms with Crippen LogP contribution < -0.4 is 4.90 Å². The number of hydrogen-bond donors (Lipinski definition) is 0. The van der Waals surface area contributed by atoms with E-state index < -0.39 is 5.97 Å². The summed E-state index contributed by atoms with van der Waals surface area (Å²) in [4.78, 5) is 28.8. The van der Waals surface area contributed by atoms with Gasteiger partial charge >= 0.3 is 5.97 Å². The van der Waals surface area contributed by atoms with E-state index in [1.54, 1.807) is 12.1 Å². The number of anilines is 1. The molecule has 4 rings (SSSR count). The highest BCUT2D eigenvalue weighted by Gasteiger charge is 2.38. The highest BCUT2D eigenvalue weighted by molar-refractivity contribution is 7.18. The predicted molar refractivity (Wildman–Crippen MR) is 113 cm³/mol. The van der Waals surface area contributed by atoms with Crippen molar-refractivity contribution >= 4 is 28.9 Å². The number of thiophene rings is 1. The van der Waals surface area contributed by atoms with Crippen LogP contribution in [0.15, 0.2) is 30.3 Å². The zero-order valence-corrected chi connectivity index (χ0v) is 17.5. The zero-order valence-electron chi connectivity index (χ0n) is 16.7. The Bertz CT molecular complexity index is 886. The van der Waals surface area contributed by atoms with Crippen LogP contribution in [-0.4, -0.2) is 25.0 Å². The molecule has 1 unspecified atom stereocenters. The number of carbonyl (C=O) groups is 2. The van der Waals surface area contributed by atoms with Gasteiger partial charge in [0.15, 0.2) is 0 Å². The Balaban J connectivity index is 1.76. The van der Waals surface area contributed by atoms with Crippen molar-refractivity contribution in [3.8, 4) is 10.4 Å². The van der Waals surface area contributed by atoms with Crippen LogP contribution in [0.5, 0.6) is 0 Å². The molecule has 0 radical (unpaired) electrons. The molecule has 1 aliphatic carbocycles. The fourth-order valence-corrected chi connectivity index (χ4v) is 5.80. The van der Waals surface area contributed by atoms with E-state index in [-0.39, 0.29) is 17.8 Å². The average molecular weight is 416 g/mol. The van der Waals surface area contributed by atoms with E-state index in [1.165, 1.54) is 49.8 Å². The lowest BCUT2D eigenvalue weighted by atomic mass is 9.79. The van der Waals surface area contributed by atoms with Gasteiger partial charge in [0.1, 0.15) is 10.7 Å². The SMILES string of the molecule is COC(=O)c1sc(-c2ccc(F)cc2)cc1N1C(=O)CCCC1C1CCCCC1. The van der Waals surface area contributed by atoms with Gasteiger partial charge in [-0.25, -0.2) is 9.18 Å². The number of rotatable bonds is 4. The predicted octanol–water partition coefficient (Wildman–Crippen LogP) is 5.81. The summed E-state index contributed by atoms with van der Waals surface area (Å²) < 4.78 is 18.4. The zero-order chi connectivity index (χ0) is 20.4. The third-order valence-electron chi connectivity index (χ3n) is 6.16. The molecule has 0 bridgehead atoms. The van der Waals surface area contributed by atoms with Gasteiger partial charge in [-0.2, -0.15) is 0 Å². The number of hydrogen-bond acceptors (Lipinski definition) is 4. The van der Waals surface area contributed by atoms with Crippen LogP contribution in [0.2, 0.25) is 0 Å². The first-order chi connectivity index (χ1) is 14.1. The molecule has 1 saturated carbocycles. The topological polar surface area (TPSA) is 46.6 Å². The number of nitrogens with zero attached hydrogens (tertiary/aromatic N) is 1. The number of esters is 1. The smallest absolute Gasteiger partial charge is 0.350 e. The van der Waals surface area contributed by atoms with E-state index in [2.05, 4.69) is 0 Å². The molecular formula is C23H26FNO3S. The highest BCUT2D eigenvalue weighted by atomic mass is 32.1. The van der Waals surface area contributed by atoms with Crippen LogP contribution in [0.1, 0.15) is 61.0 Å². The second-order valence-electron chi connectivity index (χ2n) is 7.94. The van der Waals surface area contributed by atoms with Crippen LogP contribution in [0, 0.1) is 11.7 Å². The molecule has 154 valence electrons. The number of amides is 1. The van der Waals surface area contributed by atoms with Gasteiger partial charge in [0, 0.05) is 17.3 Å². The van der Waals surface area contributed by atoms with Crippen LogP contribution >= 0.6 is 11.3 Å². The van der Waals surface area contributed by atoms with Gasteiger partial charge in [-0.1, -0.05) is 31.4 Å². The number of halogens is 1. The number of carbonyl (C=O) groups excluding carboxylic acids is 2. The van der Waals surface area contributed by atoms with E-state index in [4.69, 9.17) is 4.74 Å². The molecule has 1 saturated heterocycles. The minimum atomic E-state index is -0.431. The molecule has 29 heavy (non-hydrogen) atoms. The summed E-state index contributed by atoms with van der Waals surface area (Å²) >= 11 is 1.30. The second-order valence-corrected chi connectivity index (χ2v) is 9.00. The van der Waals surface area contributed by atoms with Crippen LogP contribution in [0.25, 0.3) is 10.4 Å². The normalized spacial score (nSPS) is 20.7. The molecule has 2 aliphatic rings. The molecule has 4 nitrogen and oxygen atoms in total. The van der Waals surface area contributed by atoms with Crippen molar-refractivity contribution in [1.82, 2.24) is 0 Å². The number of benzene rings is 1. The van der Waals surface area contributed by atoms with Crippen LogP contribution in [0.4, 0.5) is 10.1 Å². The van der Waals surface area contributed by atoms with Gasteiger partial charge in [-0.3, -0.25) is 4.79 Å². The third-order valence-corrected chi connectivity index (χ3v) is 7.31. The third kappa shape index (κ3) is 4.08. The maximum Gasteiger partial charge on any atom is 0.350 e. The lowest BCUT2D eigenvalue weighted by Gasteiger charge is -2.41. The van der Waals surface area contributed by atoms with Gasteiger partial charge in [0.2, 0.25) is 5.91 Å². The van der Waals surface area contributed by atoms with Crippen molar-refractivity contribution in [3.05, 3.63) is 41.0 Å². The molecule has 6 heteroatoms. The monoisotopic (exact) mass is 415 g/mol. The van der Waals surface area contributed by atoms with Crippen molar-refractivity contribution in [2.45, 2.75) is 57.4 Å². The summed E-state index contributed by atoms with van der Waals surface area (Å²) in [5.74, 6) is -0.172. The van der Waals surface area contributed by atoms with Gasteiger partial charge in [0.05, 0.1) is 12.8 Å². The second kappa shape index (κ2) is 8.66. The fourth-order valence-electron chi connectivity index (χ4n) is 4.73. The van der Waals surface area contributed by atoms with Crippen molar-refractivity contribution in [2.24, 2.45) is 5.92 Å². The molecule has 0 N–H and O–H groups in total. The quantitative estimate of drug-likeness (QED) is 0.592. The first-order valence-corrected chi connectivity index (χ1v) is 11.2. The maximum absolute atomic E-state index is 13.3. The van der Waals surface area contributed by atoms with Crippen molar-refractivity contribution < 1.29 is 18.7 Å². The first kappa shape index (κ1) is 20.1. The molecule has 0 spiro atoms. The molecular weight excluding hydrogens is 389 g/mol. The summed E-state index contributed by atoms with van der Waals surface area (Å²) in [5, 5.41) is 0. The summed E-state index contributed by atoms with van der Waals surface area (Å²) in [6.07, 6.45) is 8.32. The van der Waals surface area contributed by atoms with E-state index >= 15 is 0 Å². The molecule has 2 aromatic rings. The number of ether oxygens (including phenoxy) is 1. The van der Waals surface area contributed by atoms with E-state index in [9.17, 15) is 14.0 Å². The number of piperidine rings is 1. The van der Waals surface area contributed by atoms with Crippen LogP contribution in [-0.2, 0) is 9.53 Å². The molecule has 1 aromatic heterocycles. The minimum absolute atomic E-state index is 0.0837. The largest absolute Gasteiger partial charge is 0.465 e. The van der Waals surface area contributed by atoms with Gasteiger partial charge in [0.25, 0.3) is 0 Å². The highest BCUT2D eigenvalue weighted by Crippen LogP contribution is 2.43. The van der Waals surface area contributed by atoms with Gasteiger partial charge in [-0.05, 0) is 55.4 Å². The minimum Gasteiger partial charge on any atom is -0.465 e. The Hall–Kier alpha value is -2.21. The van der Waals surface area contributed by atoms with Gasteiger partial charge in [-0.15, -0.1) is 11.3 Å². The Kier molecular flexibility index (Phi) is 5.99. The van der Waals surface area contributed by atoms with E-state index in [1.807, 2.05) is 11.0 Å². The van der Waals surface area contributed by atoms with Crippen molar-refractivity contribution in [3.63, 3.8) is 0 Å². The van der Waals surface area contributed by atoms with Crippen molar-refractivity contribution in [2.75, 3.05) is 12.0 Å². The molecule has 2 fully saturated rings. The Morgan fingerprint density at radius 2 is 1.83 bits per heavy atom. The fraction of sp³-hybridized carbons (Fsp3) is 0.478. The summed E-state index contributed by atoms with van der Waals surface area (Å²) in [7, 11) is 1.36. The van der Waals surface area contributed by atoms with Crippen LogP contribution in [0.3, 0.4) is 0 Å². The molecule has 2 heterocycles. The average Bonchev–Trinajstić information content (AvgIpc) is 3.19. The maximum atomic E-state index is 13.3. The standard InChI is InChI=1S/C23H26FNO3S/c1-28-23(27)22-19(14-20(29-22)16-10-12-17(24)13-11-16)25-18(8-5-9-21(25)26)15-6-3-2-4-7-15/h10-15,18H,2-9H2,1H3. The summed E-state index contributed by atoms with van der Waals surface area (Å²) in [5.41, 5.74) is 1.48. The Labute approximate surface area is 174 Å². The van der Waals surface area contributed by atoms with E-state index in [0.717, 1.165) is 36.1 Å². The molecule has 1 amide bonds. The lowest BCUT2D eigenvalue weighted by Crippen LogP contribution is -2.48. The molecule has 1 atom stereocenters. The van der Waals surface area contributed by atoms with E-state index in [0.29, 0.717) is 22.9 Å². The molecule has 1 aliphatic heterocycles. The van der Waals surface area contributed by atoms with Crippen molar-refractivity contribution in [1.29, 1.82) is 0 Å². The Morgan fingerprint density at radius 1 is 1.10 bits per heavy atom. The number of methoxy groups -OCH3 is 1. The lowest BCUT2D eigenvalue weighted by molar-refractivity contribution is -0.120.